The summed E-state index contributed by atoms with van der Waals surface area (Å²) in [5.74, 6) is 5.58. The normalized spacial score (nSPS) is 66.3. The molecule has 1 unspecified atom stereocenters. The van der Waals surface area contributed by atoms with Crippen molar-refractivity contribution in [1.29, 1.82) is 0 Å². The summed E-state index contributed by atoms with van der Waals surface area (Å²) >= 11 is 0.465. The minimum atomic E-state index is -0.378. The topological polar surface area (TPSA) is 32.8 Å². The summed E-state index contributed by atoms with van der Waals surface area (Å²) in [6.07, 6.45) is 10.8. The predicted octanol–water partition coefficient (Wildman–Crippen LogP) is 1.24. The molecule has 2 saturated heterocycles. The molecule has 2 nitrogen and oxygen atoms in total. The average molecular weight is 471 g/mol. The molecule has 0 aromatic carbocycles. The van der Waals surface area contributed by atoms with Gasteiger partial charge in [0.15, 0.2) is 0 Å². The van der Waals surface area contributed by atoms with Crippen LogP contribution in [0.15, 0.2) is 0 Å². The molecular weight excluding hydrogens is 435 g/mol. The number of epoxide rings is 1. The van der Waals surface area contributed by atoms with Crippen LogP contribution in [-0.2, 0) is 4.74 Å². The zero-order valence-electron chi connectivity index (χ0n) is 16.7. The second-order valence-electron chi connectivity index (χ2n) is 11.6. The van der Waals surface area contributed by atoms with E-state index in [9.17, 15) is 5.11 Å². The van der Waals surface area contributed by atoms with E-state index in [0.29, 0.717) is 26.6 Å². The molecule has 0 amide bonds. The zero-order valence-corrected chi connectivity index (χ0v) is 18.9. The molecule has 0 radical (unpaired) electrons. The SMILES string of the molecule is CC1([C@H]2[C@@H]3[I-][C@@H]3C[C@H]3[C@@H]4CC[C@@H]5C[C@](C)(O)CC[C@@H]5[C@H]4CC[C@]23C)CO1. The molecule has 4 aliphatic carbocycles. The van der Waals surface area contributed by atoms with Crippen molar-refractivity contribution < 1.29 is 31.0 Å². The number of aliphatic hydroxyl groups is 1. The molecule has 11 atom stereocenters. The van der Waals surface area contributed by atoms with Crippen LogP contribution in [-0.4, -0.2) is 30.8 Å². The van der Waals surface area contributed by atoms with Crippen molar-refractivity contribution in [2.75, 3.05) is 6.61 Å². The van der Waals surface area contributed by atoms with Crippen molar-refractivity contribution in [3.63, 3.8) is 0 Å². The quantitative estimate of drug-likeness (QED) is 0.355. The molecule has 4 saturated carbocycles. The van der Waals surface area contributed by atoms with E-state index in [0.717, 1.165) is 62.8 Å². The fraction of sp³-hybridized carbons (Fsp3) is 1.00. The van der Waals surface area contributed by atoms with Crippen LogP contribution in [0, 0.1) is 40.9 Å². The van der Waals surface area contributed by atoms with E-state index in [1.807, 2.05) is 0 Å². The Morgan fingerprint density at radius 1 is 0.962 bits per heavy atom. The number of fused-ring (bicyclic) bond motifs is 6. The third-order valence-corrected chi connectivity index (χ3v) is 13.8. The molecule has 0 bridgehead atoms. The third kappa shape index (κ3) is 2.41. The summed E-state index contributed by atoms with van der Waals surface area (Å²) in [5.41, 5.74) is 0.438. The fourth-order valence-corrected chi connectivity index (χ4v) is 13.2. The zero-order chi connectivity index (χ0) is 17.9. The van der Waals surface area contributed by atoms with E-state index in [1.165, 1.54) is 32.1 Å². The van der Waals surface area contributed by atoms with Gasteiger partial charge in [-0.2, -0.15) is 0 Å². The fourth-order valence-electron chi connectivity index (χ4n) is 8.80. The van der Waals surface area contributed by atoms with Gasteiger partial charge in [0.25, 0.3) is 0 Å². The van der Waals surface area contributed by atoms with Gasteiger partial charge in [0, 0.05) is 0 Å². The molecule has 6 aliphatic rings. The van der Waals surface area contributed by atoms with E-state index in [2.05, 4.69) is 20.8 Å². The monoisotopic (exact) mass is 471 g/mol. The first-order chi connectivity index (χ1) is 12.3. The van der Waals surface area contributed by atoms with Gasteiger partial charge in [-0.3, -0.25) is 0 Å². The number of ether oxygens (including phenoxy) is 1. The molecule has 148 valence electrons. The van der Waals surface area contributed by atoms with Crippen LogP contribution in [0.1, 0.15) is 72.1 Å². The second kappa shape index (κ2) is 5.41. The van der Waals surface area contributed by atoms with Crippen LogP contribution in [0.4, 0.5) is 0 Å². The molecule has 2 aliphatic heterocycles. The van der Waals surface area contributed by atoms with Gasteiger partial charge in [-0.15, -0.1) is 0 Å². The van der Waals surface area contributed by atoms with E-state index < -0.39 is 0 Å². The molecular formula is C23H36IO2-. The molecule has 0 aromatic heterocycles. The second-order valence-corrected chi connectivity index (χ2v) is 15.4. The number of alkyl halides is 2. The molecule has 26 heavy (non-hydrogen) atoms. The van der Waals surface area contributed by atoms with Crippen LogP contribution in [0.25, 0.3) is 0 Å². The van der Waals surface area contributed by atoms with Crippen molar-refractivity contribution in [3.8, 4) is 0 Å². The Bertz CT molecular complexity index is 613. The summed E-state index contributed by atoms with van der Waals surface area (Å²) in [6, 6.07) is 0. The van der Waals surface area contributed by atoms with Crippen LogP contribution in [0.2, 0.25) is 0 Å². The van der Waals surface area contributed by atoms with Crippen molar-refractivity contribution in [2.45, 2.75) is 91.2 Å². The van der Waals surface area contributed by atoms with Gasteiger partial charge in [-0.25, -0.2) is 0 Å². The molecule has 6 fully saturated rings. The van der Waals surface area contributed by atoms with Gasteiger partial charge in [0.2, 0.25) is 0 Å². The number of hydrogen-bond acceptors (Lipinski definition) is 2. The molecule has 6 rings (SSSR count). The van der Waals surface area contributed by atoms with Crippen LogP contribution < -0.4 is 21.2 Å². The first-order valence-corrected chi connectivity index (χ1v) is 13.8. The molecule has 3 heteroatoms. The number of halogens is 1. The molecule has 1 N–H and O–H groups in total. The summed E-state index contributed by atoms with van der Waals surface area (Å²) < 4.78 is 8.32. The Morgan fingerprint density at radius 2 is 1.73 bits per heavy atom. The Hall–Kier alpha value is 0.650. The van der Waals surface area contributed by atoms with Gasteiger partial charge in [-0.05, 0) is 0 Å². The predicted molar refractivity (Wildman–Crippen MR) is 98.5 cm³/mol. The maximum absolute atomic E-state index is 10.6. The number of hydrogen-bond donors (Lipinski definition) is 1. The maximum atomic E-state index is 10.6. The van der Waals surface area contributed by atoms with Gasteiger partial charge in [-0.1, -0.05) is 0 Å². The van der Waals surface area contributed by atoms with E-state index >= 15 is 0 Å². The summed E-state index contributed by atoms with van der Waals surface area (Å²) in [6.45, 7) is 8.27. The number of rotatable bonds is 1. The van der Waals surface area contributed by atoms with Gasteiger partial charge >= 0.3 is 170 Å². The Kier molecular flexibility index (Phi) is 3.65. The first-order valence-electron chi connectivity index (χ1n) is 11.3. The van der Waals surface area contributed by atoms with Gasteiger partial charge < -0.3 is 0 Å². The minimum absolute atomic E-state index is 0.250. The summed E-state index contributed by atoms with van der Waals surface area (Å²) in [4.78, 5) is 0. The van der Waals surface area contributed by atoms with E-state index in [1.54, 1.807) is 6.42 Å². The molecule has 2 heterocycles. The summed E-state index contributed by atoms with van der Waals surface area (Å²) in [5, 5.41) is 10.6. The van der Waals surface area contributed by atoms with Crippen LogP contribution in [0.5, 0.6) is 0 Å². The Morgan fingerprint density at radius 3 is 2.50 bits per heavy atom. The van der Waals surface area contributed by atoms with Crippen molar-refractivity contribution in [2.24, 2.45) is 40.9 Å². The standard InChI is InChI=1S/C23H36IO2/c1-21(25)8-6-14-13(11-21)4-5-16-15(14)7-9-22(2)17(16)10-18-19(24-18)20(22)23(3)12-26-23/h13-20,25H,4-12H2,1-3H3/q-1/t13-,14+,15-,16-,17+,18-,19-,20+,21-,22+,23?/m1/s1. The average Bonchev–Trinajstić information content (AvgIpc) is 3.48. The van der Waals surface area contributed by atoms with Crippen LogP contribution in [0.3, 0.4) is 0 Å². The molecule has 0 aromatic rings. The Labute approximate surface area is 169 Å². The van der Waals surface area contributed by atoms with Crippen molar-refractivity contribution in [1.82, 2.24) is 0 Å². The Balaban J connectivity index is 1.29. The van der Waals surface area contributed by atoms with Gasteiger partial charge in [0.1, 0.15) is 0 Å². The summed E-state index contributed by atoms with van der Waals surface area (Å²) in [7, 11) is 0. The van der Waals surface area contributed by atoms with Gasteiger partial charge in [0.05, 0.1) is 0 Å². The van der Waals surface area contributed by atoms with Crippen LogP contribution >= 0.6 is 0 Å². The van der Waals surface area contributed by atoms with Crippen molar-refractivity contribution >= 4 is 0 Å². The van der Waals surface area contributed by atoms with E-state index in [4.69, 9.17) is 4.74 Å². The van der Waals surface area contributed by atoms with Crippen molar-refractivity contribution in [3.05, 3.63) is 0 Å². The van der Waals surface area contributed by atoms with E-state index in [-0.39, 0.29) is 11.2 Å². The third-order valence-electron chi connectivity index (χ3n) is 10.0. The first kappa shape index (κ1) is 17.5. The molecule has 0 spiro atoms.